The number of unbranched alkanes of at least 4 members (excludes halogenated alkanes) is 7. The van der Waals surface area contributed by atoms with Gasteiger partial charge in [0, 0.05) is 12.8 Å². The number of carbonyl (C=O) groups is 2. The summed E-state index contributed by atoms with van der Waals surface area (Å²) >= 11 is 0. The van der Waals surface area contributed by atoms with Crippen LogP contribution in [0.4, 0.5) is 0 Å². The highest BCUT2D eigenvalue weighted by atomic mass is 28.4. The van der Waals surface area contributed by atoms with Gasteiger partial charge in [-0.1, -0.05) is 59.3 Å². The zero-order chi connectivity index (χ0) is 17.9. The number of hydrogen-bond donors (Lipinski definition) is 1. The molecule has 0 amide bonds. The Labute approximate surface area is 143 Å². The van der Waals surface area contributed by atoms with E-state index >= 15 is 0 Å². The van der Waals surface area contributed by atoms with E-state index in [2.05, 4.69) is 33.9 Å². The maximum atomic E-state index is 11.9. The van der Waals surface area contributed by atoms with Crippen LogP contribution in [-0.2, 0) is 14.0 Å². The van der Waals surface area contributed by atoms with E-state index in [1.807, 2.05) is 0 Å². The molecule has 23 heavy (non-hydrogen) atoms. The van der Waals surface area contributed by atoms with Crippen molar-refractivity contribution in [3.05, 3.63) is 0 Å². The molecule has 4 nitrogen and oxygen atoms in total. The fourth-order valence-electron chi connectivity index (χ4n) is 2.09. The van der Waals surface area contributed by atoms with Gasteiger partial charge in [-0.15, -0.1) is 0 Å². The van der Waals surface area contributed by atoms with Crippen LogP contribution >= 0.6 is 0 Å². The van der Waals surface area contributed by atoms with E-state index in [0.717, 1.165) is 44.9 Å². The van der Waals surface area contributed by atoms with Crippen molar-refractivity contribution in [2.45, 2.75) is 103 Å². The van der Waals surface area contributed by atoms with E-state index in [-0.39, 0.29) is 17.4 Å². The summed E-state index contributed by atoms with van der Waals surface area (Å²) < 4.78 is 5.75. The fourth-order valence-corrected chi connectivity index (χ4v) is 3.07. The topological polar surface area (TPSA) is 63.6 Å². The Morgan fingerprint density at radius 3 is 1.61 bits per heavy atom. The van der Waals surface area contributed by atoms with E-state index in [1.165, 1.54) is 6.42 Å². The van der Waals surface area contributed by atoms with E-state index in [4.69, 9.17) is 9.53 Å². The van der Waals surface area contributed by atoms with Crippen LogP contribution in [-0.4, -0.2) is 25.4 Å². The van der Waals surface area contributed by atoms with Crippen LogP contribution in [0.15, 0.2) is 0 Å². The average Bonchev–Trinajstić information content (AvgIpc) is 2.38. The Bertz CT molecular complexity index is 359. The molecule has 0 atom stereocenters. The number of carboxylic acids is 1. The van der Waals surface area contributed by atoms with Crippen molar-refractivity contribution in [3.8, 4) is 0 Å². The van der Waals surface area contributed by atoms with Gasteiger partial charge < -0.3 is 9.53 Å². The molecular weight excluding hydrogens is 308 g/mol. The molecule has 0 aliphatic rings. The molecule has 0 radical (unpaired) electrons. The molecule has 0 heterocycles. The average molecular weight is 345 g/mol. The molecule has 0 aromatic heterocycles. The van der Waals surface area contributed by atoms with Gasteiger partial charge in [-0.25, -0.2) is 0 Å². The Hall–Kier alpha value is -0.843. The highest BCUT2D eigenvalue weighted by Gasteiger charge is 2.40. The van der Waals surface area contributed by atoms with E-state index in [9.17, 15) is 9.59 Å². The predicted octanol–water partition coefficient (Wildman–Crippen LogP) is 5.52. The number of rotatable bonds is 12. The molecule has 0 spiro atoms. The lowest BCUT2D eigenvalue weighted by molar-refractivity contribution is -0.137. The van der Waals surface area contributed by atoms with E-state index < -0.39 is 14.3 Å². The van der Waals surface area contributed by atoms with Gasteiger partial charge >= 0.3 is 5.97 Å². The summed E-state index contributed by atoms with van der Waals surface area (Å²) in [5.41, 5.74) is 0. The van der Waals surface area contributed by atoms with E-state index in [1.54, 1.807) is 0 Å². The summed E-state index contributed by atoms with van der Waals surface area (Å²) in [6, 6.07) is 0. The van der Waals surface area contributed by atoms with Crippen molar-refractivity contribution in [1.82, 2.24) is 0 Å². The quantitative estimate of drug-likeness (QED) is 0.374. The molecule has 0 aromatic carbocycles. The molecular formula is C18H36O4Si. The molecule has 1 N–H and O–H groups in total. The third kappa shape index (κ3) is 11.3. The maximum Gasteiger partial charge on any atom is 0.303 e. The van der Waals surface area contributed by atoms with Crippen LogP contribution in [0.3, 0.4) is 0 Å². The van der Waals surface area contributed by atoms with Crippen molar-refractivity contribution in [1.29, 1.82) is 0 Å². The smallest absolute Gasteiger partial charge is 0.303 e. The highest BCUT2D eigenvalue weighted by Crippen LogP contribution is 2.36. The van der Waals surface area contributed by atoms with Crippen LogP contribution in [0.25, 0.3) is 0 Å². The summed E-state index contributed by atoms with van der Waals surface area (Å²) in [7, 11) is -1.96. The van der Waals surface area contributed by atoms with Gasteiger partial charge in [0.2, 0.25) is 0 Å². The first kappa shape index (κ1) is 22.2. The number of hydrogen-bond acceptors (Lipinski definition) is 3. The highest BCUT2D eigenvalue weighted by molar-refractivity contribution is 6.75. The van der Waals surface area contributed by atoms with Crippen LogP contribution in [0.2, 0.25) is 18.1 Å². The lowest BCUT2D eigenvalue weighted by atomic mass is 10.1. The Morgan fingerprint density at radius 2 is 1.22 bits per heavy atom. The van der Waals surface area contributed by atoms with Crippen LogP contribution < -0.4 is 0 Å². The van der Waals surface area contributed by atoms with Crippen molar-refractivity contribution in [3.63, 3.8) is 0 Å². The lowest BCUT2D eigenvalue weighted by Crippen LogP contribution is -2.42. The van der Waals surface area contributed by atoms with Gasteiger partial charge in [0.1, 0.15) is 0 Å². The largest absolute Gasteiger partial charge is 0.519 e. The summed E-state index contributed by atoms with van der Waals surface area (Å²) in [6.07, 6.45) is 9.18. The molecule has 0 fully saturated rings. The zero-order valence-corrected chi connectivity index (χ0v) is 16.7. The maximum absolute atomic E-state index is 11.9. The predicted molar refractivity (Wildman–Crippen MR) is 97.1 cm³/mol. The first-order valence-corrected chi connectivity index (χ1v) is 11.9. The third-order valence-electron chi connectivity index (χ3n) is 4.70. The van der Waals surface area contributed by atoms with Gasteiger partial charge in [0.05, 0.1) is 0 Å². The SMILES string of the molecule is CC(C)(C)[Si](C)(C)OC(=O)CCCCCCCCCCC(=O)O. The van der Waals surface area contributed by atoms with Crippen LogP contribution in [0.5, 0.6) is 0 Å². The molecule has 0 aliphatic heterocycles. The zero-order valence-electron chi connectivity index (χ0n) is 15.7. The van der Waals surface area contributed by atoms with Gasteiger partial charge in [-0.2, -0.15) is 0 Å². The van der Waals surface area contributed by atoms with Crippen molar-refractivity contribution < 1.29 is 19.1 Å². The Morgan fingerprint density at radius 1 is 0.826 bits per heavy atom. The molecule has 0 unspecified atom stereocenters. The molecule has 0 rings (SSSR count). The Kier molecular flexibility index (Phi) is 10.4. The standard InChI is InChI=1S/C18H36O4Si/c1-18(2,3)23(4,5)22-17(21)15-13-11-9-7-6-8-10-12-14-16(19)20/h6-15H2,1-5H3,(H,19,20). The van der Waals surface area contributed by atoms with Crippen molar-refractivity contribution >= 4 is 20.3 Å². The third-order valence-corrected chi connectivity index (χ3v) is 9.05. The van der Waals surface area contributed by atoms with E-state index in [0.29, 0.717) is 6.42 Å². The molecule has 0 saturated carbocycles. The van der Waals surface area contributed by atoms with Crippen molar-refractivity contribution in [2.24, 2.45) is 0 Å². The summed E-state index contributed by atoms with van der Waals surface area (Å²) in [5, 5.41) is 8.61. The summed E-state index contributed by atoms with van der Waals surface area (Å²) in [6.45, 7) is 10.6. The van der Waals surface area contributed by atoms with Gasteiger partial charge in [-0.3, -0.25) is 9.59 Å². The second kappa shape index (κ2) is 10.8. The van der Waals surface area contributed by atoms with Crippen LogP contribution in [0, 0.1) is 0 Å². The van der Waals surface area contributed by atoms with Gasteiger partial charge in [0.15, 0.2) is 0 Å². The molecule has 0 aromatic rings. The number of carbonyl (C=O) groups excluding carboxylic acids is 1. The second-order valence-electron chi connectivity index (χ2n) is 7.96. The molecule has 0 bridgehead atoms. The first-order chi connectivity index (χ1) is 10.6. The second-order valence-corrected chi connectivity index (χ2v) is 12.7. The number of aliphatic carboxylic acids is 1. The minimum absolute atomic E-state index is 0.0368. The number of carboxylic acid groups (broad SMARTS) is 1. The Balaban J connectivity index is 3.55. The van der Waals surface area contributed by atoms with Crippen LogP contribution in [0.1, 0.15) is 85.0 Å². The fraction of sp³-hybridized carbons (Fsp3) is 0.889. The normalized spacial score (nSPS) is 12.2. The molecule has 5 heteroatoms. The summed E-state index contributed by atoms with van der Waals surface area (Å²) in [5.74, 6) is -0.736. The molecule has 136 valence electrons. The minimum atomic E-state index is -1.96. The van der Waals surface area contributed by atoms with Crippen molar-refractivity contribution in [2.75, 3.05) is 0 Å². The molecule has 0 aliphatic carbocycles. The summed E-state index contributed by atoms with van der Waals surface area (Å²) in [4.78, 5) is 22.3. The lowest BCUT2D eigenvalue weighted by Gasteiger charge is -2.35. The first-order valence-electron chi connectivity index (χ1n) is 9.00. The minimum Gasteiger partial charge on any atom is -0.519 e. The van der Waals surface area contributed by atoms with Gasteiger partial charge in [0.25, 0.3) is 14.3 Å². The monoisotopic (exact) mass is 344 g/mol. The van der Waals surface area contributed by atoms with Gasteiger partial charge in [-0.05, 0) is 31.0 Å². The molecule has 0 saturated heterocycles.